The monoisotopic (exact) mass is 279 g/mol. The Morgan fingerprint density at radius 3 is 2.95 bits per heavy atom. The van der Waals surface area contributed by atoms with Crippen molar-refractivity contribution in [1.29, 1.82) is 0 Å². The van der Waals surface area contributed by atoms with Crippen molar-refractivity contribution in [3.63, 3.8) is 0 Å². The van der Waals surface area contributed by atoms with Gasteiger partial charge in [0.25, 0.3) is 0 Å². The van der Waals surface area contributed by atoms with Crippen LogP contribution in [0.1, 0.15) is 19.8 Å². The van der Waals surface area contributed by atoms with Crippen molar-refractivity contribution in [2.45, 2.75) is 25.8 Å². The second kappa shape index (κ2) is 6.56. The topological polar surface area (TPSA) is 67.6 Å². The zero-order valence-corrected chi connectivity index (χ0v) is 12.0. The Hall–Kier alpha value is -1.82. The van der Waals surface area contributed by atoms with Crippen LogP contribution in [0.15, 0.2) is 18.2 Å². The molecule has 1 aromatic carbocycles. The quantitative estimate of drug-likeness (QED) is 0.638. The fourth-order valence-corrected chi connectivity index (χ4v) is 2.62. The van der Waals surface area contributed by atoms with Crippen molar-refractivity contribution in [3.8, 4) is 5.75 Å². The van der Waals surface area contributed by atoms with E-state index in [0.717, 1.165) is 19.5 Å². The van der Waals surface area contributed by atoms with E-state index in [-0.39, 0.29) is 10.6 Å². The number of likely N-dealkylation sites (N-methyl/N-ethyl adjacent to an activating group) is 1. The standard InChI is InChI=1S/C14H21N3O3/c1-3-20-13-8-4-7-12(14(13)17(18)19)16(2)10-11-6-5-9-15-11/h4,7-8,11,15H,3,5-6,9-10H2,1-2H3. The first-order valence-corrected chi connectivity index (χ1v) is 6.98. The van der Waals surface area contributed by atoms with E-state index in [4.69, 9.17) is 4.74 Å². The van der Waals surface area contributed by atoms with Crippen molar-refractivity contribution in [2.75, 3.05) is 31.6 Å². The molecular weight excluding hydrogens is 258 g/mol. The molecule has 0 aromatic heterocycles. The van der Waals surface area contributed by atoms with Crippen molar-refractivity contribution in [1.82, 2.24) is 5.32 Å². The van der Waals surface area contributed by atoms with Crippen LogP contribution in [0.2, 0.25) is 0 Å². The number of para-hydroxylation sites is 1. The largest absolute Gasteiger partial charge is 0.487 e. The van der Waals surface area contributed by atoms with Crippen LogP contribution in [0.3, 0.4) is 0 Å². The van der Waals surface area contributed by atoms with Gasteiger partial charge in [-0.3, -0.25) is 10.1 Å². The number of ether oxygens (including phenoxy) is 1. The van der Waals surface area contributed by atoms with E-state index in [1.165, 1.54) is 6.42 Å². The van der Waals surface area contributed by atoms with Gasteiger partial charge >= 0.3 is 5.69 Å². The molecule has 2 rings (SSSR count). The molecule has 110 valence electrons. The molecule has 1 heterocycles. The fourth-order valence-electron chi connectivity index (χ4n) is 2.62. The van der Waals surface area contributed by atoms with Gasteiger partial charge in [0.1, 0.15) is 5.69 Å². The van der Waals surface area contributed by atoms with Crippen molar-refractivity contribution in [3.05, 3.63) is 28.3 Å². The summed E-state index contributed by atoms with van der Waals surface area (Å²) in [6.45, 7) is 4.02. The summed E-state index contributed by atoms with van der Waals surface area (Å²) in [4.78, 5) is 12.9. The second-order valence-corrected chi connectivity index (χ2v) is 4.99. The van der Waals surface area contributed by atoms with Gasteiger partial charge in [0.2, 0.25) is 0 Å². The predicted molar refractivity (Wildman–Crippen MR) is 78.6 cm³/mol. The average Bonchev–Trinajstić information content (AvgIpc) is 2.91. The van der Waals surface area contributed by atoms with Gasteiger partial charge in [-0.25, -0.2) is 0 Å². The lowest BCUT2D eigenvalue weighted by molar-refractivity contribution is -0.385. The Kier molecular flexibility index (Phi) is 4.79. The minimum atomic E-state index is -0.362. The molecule has 1 aromatic rings. The lowest BCUT2D eigenvalue weighted by Gasteiger charge is -2.23. The first kappa shape index (κ1) is 14.6. The molecule has 0 aliphatic carbocycles. The zero-order chi connectivity index (χ0) is 14.5. The molecule has 1 aliphatic rings. The highest BCUT2D eigenvalue weighted by Gasteiger charge is 2.25. The molecule has 0 amide bonds. The molecule has 0 saturated carbocycles. The molecule has 6 nitrogen and oxygen atoms in total. The molecule has 6 heteroatoms. The molecule has 1 atom stereocenters. The highest BCUT2D eigenvalue weighted by atomic mass is 16.6. The first-order chi connectivity index (χ1) is 9.63. The van der Waals surface area contributed by atoms with Crippen molar-refractivity contribution in [2.24, 2.45) is 0 Å². The zero-order valence-electron chi connectivity index (χ0n) is 12.0. The normalized spacial score (nSPS) is 18.0. The number of nitro benzene ring substituents is 1. The predicted octanol–water partition coefficient (Wildman–Crippen LogP) is 2.18. The number of hydrogen-bond acceptors (Lipinski definition) is 5. The Morgan fingerprint density at radius 2 is 2.35 bits per heavy atom. The summed E-state index contributed by atoms with van der Waals surface area (Å²) in [7, 11) is 1.89. The Bertz CT molecular complexity index is 473. The van der Waals surface area contributed by atoms with Crippen LogP contribution in [0.25, 0.3) is 0 Å². The Labute approximate surface area is 118 Å². The maximum atomic E-state index is 11.3. The molecule has 0 spiro atoms. The van der Waals surface area contributed by atoms with E-state index in [0.29, 0.717) is 24.1 Å². The van der Waals surface area contributed by atoms with Gasteiger partial charge in [0.05, 0.1) is 11.5 Å². The van der Waals surface area contributed by atoms with Crippen LogP contribution in [0.4, 0.5) is 11.4 Å². The lowest BCUT2D eigenvalue weighted by atomic mass is 10.2. The summed E-state index contributed by atoms with van der Waals surface area (Å²) in [6.07, 6.45) is 2.28. The van der Waals surface area contributed by atoms with Crippen LogP contribution >= 0.6 is 0 Å². The molecule has 1 unspecified atom stereocenters. The second-order valence-electron chi connectivity index (χ2n) is 4.99. The number of nitro groups is 1. The molecule has 20 heavy (non-hydrogen) atoms. The van der Waals surface area contributed by atoms with E-state index in [2.05, 4.69) is 5.32 Å². The van der Waals surface area contributed by atoms with Crippen molar-refractivity contribution < 1.29 is 9.66 Å². The van der Waals surface area contributed by atoms with Gasteiger partial charge in [-0.1, -0.05) is 6.07 Å². The third-order valence-corrected chi connectivity index (χ3v) is 3.53. The van der Waals surface area contributed by atoms with Gasteiger partial charge < -0.3 is 15.0 Å². The average molecular weight is 279 g/mol. The SMILES string of the molecule is CCOc1cccc(N(C)CC2CCCN2)c1[N+](=O)[O-]. The summed E-state index contributed by atoms with van der Waals surface area (Å²) in [6, 6.07) is 5.62. The van der Waals surface area contributed by atoms with Crippen LogP contribution in [0.5, 0.6) is 5.75 Å². The van der Waals surface area contributed by atoms with Crippen LogP contribution in [-0.4, -0.2) is 37.7 Å². The van der Waals surface area contributed by atoms with Crippen LogP contribution < -0.4 is 15.0 Å². The number of hydrogen-bond donors (Lipinski definition) is 1. The van der Waals surface area contributed by atoms with Gasteiger partial charge in [-0.15, -0.1) is 0 Å². The molecule has 1 aliphatic heterocycles. The van der Waals surface area contributed by atoms with E-state index in [9.17, 15) is 10.1 Å². The maximum absolute atomic E-state index is 11.3. The van der Waals surface area contributed by atoms with Gasteiger partial charge in [-0.05, 0) is 38.4 Å². The van der Waals surface area contributed by atoms with E-state index in [1.807, 2.05) is 18.9 Å². The highest BCUT2D eigenvalue weighted by molar-refractivity contribution is 5.69. The molecular formula is C14H21N3O3. The van der Waals surface area contributed by atoms with Crippen molar-refractivity contribution >= 4 is 11.4 Å². The third-order valence-electron chi connectivity index (χ3n) is 3.53. The molecule has 0 radical (unpaired) electrons. The summed E-state index contributed by atoms with van der Waals surface area (Å²) in [5.74, 6) is 0.334. The fraction of sp³-hybridized carbons (Fsp3) is 0.571. The van der Waals surface area contributed by atoms with Gasteiger partial charge in [0, 0.05) is 19.6 Å². The summed E-state index contributed by atoms with van der Waals surface area (Å²) in [5.41, 5.74) is 0.657. The summed E-state index contributed by atoms with van der Waals surface area (Å²) >= 11 is 0. The number of benzene rings is 1. The molecule has 1 fully saturated rings. The smallest absolute Gasteiger partial charge is 0.333 e. The minimum Gasteiger partial charge on any atom is -0.487 e. The Morgan fingerprint density at radius 1 is 1.55 bits per heavy atom. The van der Waals surface area contributed by atoms with Crippen LogP contribution in [-0.2, 0) is 0 Å². The molecule has 0 bridgehead atoms. The molecule has 1 saturated heterocycles. The number of anilines is 1. The highest BCUT2D eigenvalue weighted by Crippen LogP contribution is 2.36. The van der Waals surface area contributed by atoms with Crippen LogP contribution in [0, 0.1) is 10.1 Å². The van der Waals surface area contributed by atoms with E-state index < -0.39 is 0 Å². The van der Waals surface area contributed by atoms with Gasteiger partial charge in [0.15, 0.2) is 5.75 Å². The lowest BCUT2D eigenvalue weighted by Crippen LogP contribution is -2.35. The molecule has 1 N–H and O–H groups in total. The number of rotatable bonds is 6. The summed E-state index contributed by atoms with van der Waals surface area (Å²) in [5, 5.41) is 14.7. The Balaban J connectivity index is 2.24. The number of nitrogens with one attached hydrogen (secondary N) is 1. The third kappa shape index (κ3) is 3.19. The number of nitrogens with zero attached hydrogens (tertiary/aromatic N) is 2. The minimum absolute atomic E-state index is 0.0508. The summed E-state index contributed by atoms with van der Waals surface area (Å²) < 4.78 is 5.38. The van der Waals surface area contributed by atoms with E-state index in [1.54, 1.807) is 18.2 Å². The first-order valence-electron chi connectivity index (χ1n) is 6.98. The van der Waals surface area contributed by atoms with E-state index >= 15 is 0 Å². The van der Waals surface area contributed by atoms with Gasteiger partial charge in [-0.2, -0.15) is 0 Å². The maximum Gasteiger partial charge on any atom is 0.333 e.